The second-order valence-corrected chi connectivity index (χ2v) is 4.49. The molecule has 0 aromatic heterocycles. The van der Waals surface area contributed by atoms with E-state index in [0.29, 0.717) is 5.92 Å². The molecule has 0 amide bonds. The number of rotatable bonds is 1. The molecule has 1 saturated carbocycles. The topological polar surface area (TPSA) is 0 Å². The highest BCUT2D eigenvalue weighted by Crippen LogP contribution is 2.36. The van der Waals surface area contributed by atoms with Crippen LogP contribution in [0.25, 0.3) is 0 Å². The van der Waals surface area contributed by atoms with Crippen LogP contribution in [0.1, 0.15) is 44.1 Å². The molecule has 1 aromatic rings. The van der Waals surface area contributed by atoms with Gasteiger partial charge in [-0.15, -0.1) is 0 Å². The van der Waals surface area contributed by atoms with E-state index >= 15 is 0 Å². The van der Waals surface area contributed by atoms with Crippen molar-refractivity contribution in [3.8, 4) is 0 Å². The molecule has 0 bridgehead atoms. The van der Waals surface area contributed by atoms with Crippen LogP contribution in [0.4, 0.5) is 4.39 Å². The molecule has 1 fully saturated rings. The molecule has 1 heteroatoms. The van der Waals surface area contributed by atoms with Crippen molar-refractivity contribution in [2.45, 2.75) is 38.5 Å². The van der Waals surface area contributed by atoms with Crippen LogP contribution < -0.4 is 0 Å². The third-order valence-corrected chi connectivity index (χ3v) is 3.28. The molecule has 0 aliphatic heterocycles. The highest BCUT2D eigenvalue weighted by atomic mass is 19.1. The van der Waals surface area contributed by atoms with E-state index in [4.69, 9.17) is 0 Å². The zero-order chi connectivity index (χ0) is 9.97. The van der Waals surface area contributed by atoms with E-state index in [-0.39, 0.29) is 5.82 Å². The van der Waals surface area contributed by atoms with Crippen LogP contribution in [0.2, 0.25) is 0 Å². The molecule has 14 heavy (non-hydrogen) atoms. The maximum absolute atomic E-state index is 13.5. The quantitative estimate of drug-likeness (QED) is 0.628. The molecule has 1 aliphatic carbocycles. The third-order valence-electron chi connectivity index (χ3n) is 3.28. The Morgan fingerprint density at radius 2 is 2.00 bits per heavy atom. The lowest BCUT2D eigenvalue weighted by atomic mass is 9.79. The minimum atomic E-state index is -0.0217. The molecular weight excluding hydrogens is 175 g/mol. The summed E-state index contributed by atoms with van der Waals surface area (Å²) in [7, 11) is 0. The minimum absolute atomic E-state index is 0.0217. The first-order valence-corrected chi connectivity index (χ1v) is 5.52. The van der Waals surface area contributed by atoms with E-state index in [1.807, 2.05) is 12.1 Å². The Hall–Kier alpha value is -0.850. The van der Waals surface area contributed by atoms with Crippen molar-refractivity contribution < 1.29 is 4.39 Å². The predicted molar refractivity (Wildman–Crippen MR) is 56.8 cm³/mol. The first kappa shape index (κ1) is 9.70. The Balaban J connectivity index is 2.18. The first-order chi connectivity index (χ1) is 6.77. The van der Waals surface area contributed by atoms with E-state index in [9.17, 15) is 4.39 Å². The maximum Gasteiger partial charge on any atom is 0.126 e. The molecule has 1 aromatic carbocycles. The number of hydrogen-bond donors (Lipinski definition) is 0. The van der Waals surface area contributed by atoms with Crippen molar-refractivity contribution in [2.75, 3.05) is 0 Å². The molecule has 0 saturated heterocycles. The van der Waals surface area contributed by atoms with E-state index in [1.54, 1.807) is 12.1 Å². The van der Waals surface area contributed by atoms with Crippen LogP contribution in [0.3, 0.4) is 0 Å². The van der Waals surface area contributed by atoms with Crippen molar-refractivity contribution in [1.29, 1.82) is 0 Å². The lowest BCUT2D eigenvalue weighted by Gasteiger charge is -2.27. The minimum Gasteiger partial charge on any atom is -0.207 e. The summed E-state index contributed by atoms with van der Waals surface area (Å²) in [5.74, 6) is 1.19. The fourth-order valence-electron chi connectivity index (χ4n) is 2.52. The predicted octanol–water partition coefficient (Wildman–Crippen LogP) is 4.12. The van der Waals surface area contributed by atoms with Gasteiger partial charge in [-0.2, -0.15) is 0 Å². The zero-order valence-corrected chi connectivity index (χ0v) is 8.67. The summed E-state index contributed by atoms with van der Waals surface area (Å²) in [5, 5.41) is 0. The van der Waals surface area contributed by atoms with Gasteiger partial charge in [0.2, 0.25) is 0 Å². The SMILES string of the molecule is CC1CCCC(c2ccccc2F)C1. The molecule has 2 atom stereocenters. The van der Waals surface area contributed by atoms with Crippen LogP contribution in [0.15, 0.2) is 24.3 Å². The van der Waals surface area contributed by atoms with E-state index in [1.165, 1.54) is 12.8 Å². The molecule has 0 spiro atoms. The molecule has 2 rings (SSSR count). The molecular formula is C13H17F. The Kier molecular flexibility index (Phi) is 2.85. The van der Waals surface area contributed by atoms with Crippen LogP contribution in [-0.4, -0.2) is 0 Å². The maximum atomic E-state index is 13.5. The first-order valence-electron chi connectivity index (χ1n) is 5.52. The molecule has 0 nitrogen and oxygen atoms in total. The van der Waals surface area contributed by atoms with Crippen molar-refractivity contribution in [3.63, 3.8) is 0 Å². The van der Waals surface area contributed by atoms with E-state index < -0.39 is 0 Å². The van der Waals surface area contributed by atoms with Crippen molar-refractivity contribution in [1.82, 2.24) is 0 Å². The van der Waals surface area contributed by atoms with Gasteiger partial charge in [-0.25, -0.2) is 4.39 Å². The lowest BCUT2D eigenvalue weighted by molar-refractivity contribution is 0.338. The van der Waals surface area contributed by atoms with Gasteiger partial charge in [-0.05, 0) is 36.3 Å². The molecule has 0 heterocycles. The highest BCUT2D eigenvalue weighted by Gasteiger charge is 2.22. The Bertz CT molecular complexity index is 306. The zero-order valence-electron chi connectivity index (χ0n) is 8.67. The normalized spacial score (nSPS) is 27.6. The second-order valence-electron chi connectivity index (χ2n) is 4.49. The summed E-state index contributed by atoms with van der Waals surface area (Å²) in [6.07, 6.45) is 4.87. The van der Waals surface area contributed by atoms with Crippen LogP contribution in [0.5, 0.6) is 0 Å². The summed E-state index contributed by atoms with van der Waals surface area (Å²) >= 11 is 0. The van der Waals surface area contributed by atoms with Gasteiger partial charge in [0, 0.05) is 0 Å². The fraction of sp³-hybridized carbons (Fsp3) is 0.538. The Morgan fingerprint density at radius 3 is 2.71 bits per heavy atom. The van der Waals surface area contributed by atoms with Gasteiger partial charge in [0.1, 0.15) is 5.82 Å². The summed E-state index contributed by atoms with van der Waals surface area (Å²) in [5.41, 5.74) is 0.930. The number of hydrogen-bond acceptors (Lipinski definition) is 0. The molecule has 0 N–H and O–H groups in total. The summed E-state index contributed by atoms with van der Waals surface area (Å²) in [6, 6.07) is 7.23. The van der Waals surface area contributed by atoms with Crippen LogP contribution in [0, 0.1) is 11.7 Å². The van der Waals surface area contributed by atoms with Crippen LogP contribution >= 0.6 is 0 Å². The second kappa shape index (κ2) is 4.12. The largest absolute Gasteiger partial charge is 0.207 e. The van der Waals surface area contributed by atoms with Crippen molar-refractivity contribution in [3.05, 3.63) is 35.6 Å². The monoisotopic (exact) mass is 192 g/mol. The summed E-state index contributed by atoms with van der Waals surface area (Å²) in [4.78, 5) is 0. The van der Waals surface area contributed by atoms with Gasteiger partial charge >= 0.3 is 0 Å². The molecule has 76 valence electrons. The molecule has 2 unspecified atom stereocenters. The van der Waals surface area contributed by atoms with Gasteiger partial charge in [-0.1, -0.05) is 38.0 Å². The average Bonchev–Trinajstić information content (AvgIpc) is 2.18. The van der Waals surface area contributed by atoms with Crippen molar-refractivity contribution in [2.24, 2.45) is 5.92 Å². The fourth-order valence-corrected chi connectivity index (χ4v) is 2.52. The lowest BCUT2D eigenvalue weighted by Crippen LogP contribution is -2.12. The average molecular weight is 192 g/mol. The smallest absolute Gasteiger partial charge is 0.126 e. The van der Waals surface area contributed by atoms with E-state index in [0.717, 1.165) is 24.3 Å². The molecule has 0 radical (unpaired) electrons. The van der Waals surface area contributed by atoms with Gasteiger partial charge in [0.25, 0.3) is 0 Å². The van der Waals surface area contributed by atoms with Gasteiger partial charge in [0.05, 0.1) is 0 Å². The Morgan fingerprint density at radius 1 is 1.21 bits per heavy atom. The summed E-state index contributed by atoms with van der Waals surface area (Å²) in [6.45, 7) is 2.27. The van der Waals surface area contributed by atoms with E-state index in [2.05, 4.69) is 6.92 Å². The van der Waals surface area contributed by atoms with Crippen molar-refractivity contribution >= 4 is 0 Å². The molecule has 1 aliphatic rings. The van der Waals surface area contributed by atoms with Gasteiger partial charge in [-0.3, -0.25) is 0 Å². The number of benzene rings is 1. The van der Waals surface area contributed by atoms with Gasteiger partial charge in [0.15, 0.2) is 0 Å². The Labute approximate surface area is 85.1 Å². The third kappa shape index (κ3) is 1.97. The highest BCUT2D eigenvalue weighted by molar-refractivity contribution is 5.22. The standard InChI is InChI=1S/C13H17F/c1-10-5-4-6-11(9-10)12-7-2-3-8-13(12)14/h2-3,7-8,10-11H,4-6,9H2,1H3. The van der Waals surface area contributed by atoms with Gasteiger partial charge < -0.3 is 0 Å². The number of halogens is 1. The van der Waals surface area contributed by atoms with Crippen LogP contribution in [-0.2, 0) is 0 Å². The summed E-state index contributed by atoms with van der Waals surface area (Å²) < 4.78 is 13.5.